The van der Waals surface area contributed by atoms with Crippen LogP contribution in [0.3, 0.4) is 0 Å². The predicted molar refractivity (Wildman–Crippen MR) is 63.2 cm³/mol. The van der Waals surface area contributed by atoms with E-state index in [1.807, 2.05) is 18.0 Å². The molecule has 0 aromatic carbocycles. The van der Waals surface area contributed by atoms with E-state index in [9.17, 15) is 4.79 Å². The number of nitrogens with zero attached hydrogens (tertiary/aromatic N) is 2. The Morgan fingerprint density at radius 1 is 1.56 bits per heavy atom. The van der Waals surface area contributed by atoms with Crippen LogP contribution in [0, 0.1) is 6.92 Å². The van der Waals surface area contributed by atoms with Crippen LogP contribution in [-0.2, 0) is 4.79 Å². The second-order valence-corrected chi connectivity index (χ2v) is 4.53. The Hall–Kier alpha value is -1.38. The molecular weight excluding hydrogens is 200 g/mol. The number of likely N-dealkylation sites (tertiary alicyclic amines) is 1. The van der Waals surface area contributed by atoms with Gasteiger partial charge < -0.3 is 4.90 Å². The number of carbonyl (C=O) groups excluding carboxylic acids is 1. The number of piperidine rings is 1. The van der Waals surface area contributed by atoms with Crippen LogP contribution in [0.5, 0.6) is 0 Å². The third kappa shape index (κ3) is 2.40. The Balaban J connectivity index is 2.12. The Labute approximate surface area is 96.5 Å². The van der Waals surface area contributed by atoms with Crippen molar-refractivity contribution in [2.24, 2.45) is 0 Å². The summed E-state index contributed by atoms with van der Waals surface area (Å²) in [4.78, 5) is 17.5. The Bertz CT molecular complexity index is 389. The van der Waals surface area contributed by atoms with Crippen molar-refractivity contribution < 1.29 is 4.79 Å². The normalized spacial score (nSPS) is 20.9. The summed E-state index contributed by atoms with van der Waals surface area (Å²) in [6, 6.07) is 4.20. The summed E-state index contributed by atoms with van der Waals surface area (Å²) < 4.78 is 0. The van der Waals surface area contributed by atoms with Crippen LogP contribution in [0.4, 0.5) is 0 Å². The lowest BCUT2D eigenvalue weighted by molar-refractivity contribution is -0.130. The van der Waals surface area contributed by atoms with Crippen molar-refractivity contribution in [3.8, 4) is 0 Å². The summed E-state index contributed by atoms with van der Waals surface area (Å²) in [6.07, 6.45) is 4.14. The number of aromatic nitrogens is 1. The molecule has 2 heterocycles. The van der Waals surface area contributed by atoms with Gasteiger partial charge in [0, 0.05) is 37.8 Å². The highest BCUT2D eigenvalue weighted by molar-refractivity contribution is 5.73. The molecule has 0 radical (unpaired) electrons. The maximum Gasteiger partial charge on any atom is 0.219 e. The molecule has 3 heteroatoms. The number of hydrogen-bond donors (Lipinski definition) is 0. The van der Waals surface area contributed by atoms with E-state index in [0.717, 1.165) is 25.2 Å². The lowest BCUT2D eigenvalue weighted by Gasteiger charge is -2.32. The summed E-state index contributed by atoms with van der Waals surface area (Å²) in [5.74, 6) is 0.676. The third-order valence-electron chi connectivity index (χ3n) is 3.26. The summed E-state index contributed by atoms with van der Waals surface area (Å²) in [5, 5.41) is 0. The molecule has 0 unspecified atom stereocenters. The molecule has 1 aromatic heterocycles. The van der Waals surface area contributed by atoms with Gasteiger partial charge in [0.1, 0.15) is 0 Å². The molecule has 0 bridgehead atoms. The van der Waals surface area contributed by atoms with Crippen LogP contribution in [0.1, 0.15) is 36.9 Å². The monoisotopic (exact) mass is 218 g/mol. The van der Waals surface area contributed by atoms with E-state index in [0.29, 0.717) is 5.92 Å². The van der Waals surface area contributed by atoms with Crippen molar-refractivity contribution in [3.63, 3.8) is 0 Å². The smallest absolute Gasteiger partial charge is 0.219 e. The van der Waals surface area contributed by atoms with Gasteiger partial charge in [-0.25, -0.2) is 0 Å². The molecule has 1 aliphatic rings. The van der Waals surface area contributed by atoms with Gasteiger partial charge in [0.2, 0.25) is 5.91 Å². The standard InChI is InChI=1S/C13H18N2O/c1-10-8-12(5-6-14-10)13-4-3-7-15(9-13)11(2)16/h5-6,8,13H,3-4,7,9H2,1-2H3/t13-/m0/s1. The molecule has 0 spiro atoms. The minimum atomic E-state index is 0.190. The van der Waals surface area contributed by atoms with E-state index in [1.165, 1.54) is 12.0 Å². The van der Waals surface area contributed by atoms with Gasteiger partial charge in [-0.15, -0.1) is 0 Å². The highest BCUT2D eigenvalue weighted by Gasteiger charge is 2.22. The number of pyridine rings is 1. The number of carbonyl (C=O) groups is 1. The molecule has 1 fully saturated rings. The second kappa shape index (κ2) is 4.64. The largest absolute Gasteiger partial charge is 0.342 e. The minimum absolute atomic E-state index is 0.190. The van der Waals surface area contributed by atoms with E-state index < -0.39 is 0 Å². The maximum absolute atomic E-state index is 11.4. The molecule has 0 N–H and O–H groups in total. The fourth-order valence-electron chi connectivity index (χ4n) is 2.36. The van der Waals surface area contributed by atoms with Gasteiger partial charge in [-0.2, -0.15) is 0 Å². The van der Waals surface area contributed by atoms with Crippen LogP contribution in [-0.4, -0.2) is 28.9 Å². The summed E-state index contributed by atoms with van der Waals surface area (Å²) in [5.41, 5.74) is 2.37. The average Bonchev–Trinajstić information content (AvgIpc) is 2.29. The second-order valence-electron chi connectivity index (χ2n) is 4.53. The third-order valence-corrected chi connectivity index (χ3v) is 3.26. The van der Waals surface area contributed by atoms with E-state index >= 15 is 0 Å². The van der Waals surface area contributed by atoms with Gasteiger partial charge in [-0.1, -0.05) is 0 Å². The Kier molecular flexibility index (Phi) is 3.22. The van der Waals surface area contributed by atoms with Crippen molar-refractivity contribution in [2.75, 3.05) is 13.1 Å². The van der Waals surface area contributed by atoms with E-state index in [-0.39, 0.29) is 5.91 Å². The summed E-state index contributed by atoms with van der Waals surface area (Å²) >= 11 is 0. The topological polar surface area (TPSA) is 33.2 Å². The highest BCUT2D eigenvalue weighted by atomic mass is 16.2. The van der Waals surface area contributed by atoms with E-state index in [2.05, 4.69) is 17.1 Å². The van der Waals surface area contributed by atoms with Crippen LogP contribution in [0.15, 0.2) is 18.3 Å². The highest BCUT2D eigenvalue weighted by Crippen LogP contribution is 2.26. The lowest BCUT2D eigenvalue weighted by Crippen LogP contribution is -2.37. The molecular formula is C13H18N2O. The predicted octanol–water partition coefficient (Wildman–Crippen LogP) is 2.12. The SMILES string of the molecule is CC(=O)N1CCC[C@H](c2ccnc(C)c2)C1. The molecule has 16 heavy (non-hydrogen) atoms. The fraction of sp³-hybridized carbons (Fsp3) is 0.538. The van der Waals surface area contributed by atoms with E-state index in [4.69, 9.17) is 0 Å². The number of aryl methyl sites for hydroxylation is 1. The molecule has 2 rings (SSSR count). The van der Waals surface area contributed by atoms with E-state index in [1.54, 1.807) is 6.92 Å². The van der Waals surface area contributed by atoms with Crippen molar-refractivity contribution >= 4 is 5.91 Å². The zero-order valence-corrected chi connectivity index (χ0v) is 9.94. The van der Waals surface area contributed by atoms with Gasteiger partial charge in [-0.3, -0.25) is 9.78 Å². The molecule has 1 aliphatic heterocycles. The molecule has 1 atom stereocenters. The zero-order valence-electron chi connectivity index (χ0n) is 9.94. The molecule has 0 saturated carbocycles. The molecule has 1 amide bonds. The zero-order chi connectivity index (χ0) is 11.5. The van der Waals surface area contributed by atoms with Gasteiger partial charge in [0.15, 0.2) is 0 Å². The van der Waals surface area contributed by atoms with Gasteiger partial charge in [0.05, 0.1) is 0 Å². The first-order chi connectivity index (χ1) is 7.66. The molecule has 0 aliphatic carbocycles. The first-order valence-electron chi connectivity index (χ1n) is 5.85. The van der Waals surface area contributed by atoms with Gasteiger partial charge in [0.25, 0.3) is 0 Å². The van der Waals surface area contributed by atoms with Crippen molar-refractivity contribution in [2.45, 2.75) is 32.6 Å². The number of rotatable bonds is 1. The first kappa shape index (κ1) is 11.1. The molecule has 86 valence electrons. The first-order valence-corrected chi connectivity index (χ1v) is 5.85. The number of amides is 1. The van der Waals surface area contributed by atoms with Crippen LogP contribution in [0.2, 0.25) is 0 Å². The molecule has 1 saturated heterocycles. The molecule has 3 nitrogen and oxygen atoms in total. The van der Waals surface area contributed by atoms with Crippen LogP contribution < -0.4 is 0 Å². The van der Waals surface area contributed by atoms with Crippen molar-refractivity contribution in [1.82, 2.24) is 9.88 Å². The minimum Gasteiger partial charge on any atom is -0.342 e. The number of hydrogen-bond acceptors (Lipinski definition) is 2. The Morgan fingerprint density at radius 3 is 3.06 bits per heavy atom. The van der Waals surface area contributed by atoms with Gasteiger partial charge in [-0.05, 0) is 37.5 Å². The van der Waals surface area contributed by atoms with Gasteiger partial charge >= 0.3 is 0 Å². The average molecular weight is 218 g/mol. The van der Waals surface area contributed by atoms with Crippen LogP contribution >= 0.6 is 0 Å². The summed E-state index contributed by atoms with van der Waals surface area (Å²) in [6.45, 7) is 5.43. The maximum atomic E-state index is 11.4. The Morgan fingerprint density at radius 2 is 2.38 bits per heavy atom. The van der Waals surface area contributed by atoms with Crippen LogP contribution in [0.25, 0.3) is 0 Å². The quantitative estimate of drug-likeness (QED) is 0.723. The molecule has 1 aromatic rings. The summed E-state index contributed by atoms with van der Waals surface area (Å²) in [7, 11) is 0. The lowest BCUT2D eigenvalue weighted by atomic mass is 9.91. The van der Waals surface area contributed by atoms with Crippen molar-refractivity contribution in [3.05, 3.63) is 29.6 Å². The fourth-order valence-corrected chi connectivity index (χ4v) is 2.36. The van der Waals surface area contributed by atoms with Crippen molar-refractivity contribution in [1.29, 1.82) is 0 Å².